The summed E-state index contributed by atoms with van der Waals surface area (Å²) < 4.78 is 8.04. The van der Waals surface area contributed by atoms with Gasteiger partial charge >= 0.3 is 0 Å². The van der Waals surface area contributed by atoms with Gasteiger partial charge < -0.3 is 19.9 Å². The maximum absolute atomic E-state index is 5.73. The zero-order valence-corrected chi connectivity index (χ0v) is 11.7. The van der Waals surface area contributed by atoms with Crippen molar-refractivity contribution in [3.63, 3.8) is 0 Å². The quantitative estimate of drug-likeness (QED) is 0.898. The van der Waals surface area contributed by atoms with Gasteiger partial charge in [0.15, 0.2) is 0 Å². The van der Waals surface area contributed by atoms with Gasteiger partial charge in [-0.1, -0.05) is 12.8 Å². The topological polar surface area (TPSA) is 56.3 Å². The lowest BCUT2D eigenvalue weighted by atomic mass is 10.2. The molecule has 0 spiro atoms. The van der Waals surface area contributed by atoms with Crippen molar-refractivity contribution in [2.24, 2.45) is 5.73 Å². The lowest BCUT2D eigenvalue weighted by molar-refractivity contribution is 0.0457. The molecule has 2 heterocycles. The number of aromatic nitrogens is 2. The van der Waals surface area contributed by atoms with E-state index in [1.54, 1.807) is 0 Å². The standard InChI is InChI=1S/C14H24N4O/c1-11-9-18(12-4-2-3-5-12)14(16-11)17-6-7-19-13(8-15)10-17/h9,12-13H,2-8,10,15H2,1H3. The van der Waals surface area contributed by atoms with Crippen LogP contribution in [0.5, 0.6) is 0 Å². The first-order valence-corrected chi connectivity index (χ1v) is 7.40. The van der Waals surface area contributed by atoms with Crippen LogP contribution in [0.4, 0.5) is 5.95 Å². The second-order valence-electron chi connectivity index (χ2n) is 5.70. The van der Waals surface area contributed by atoms with E-state index in [9.17, 15) is 0 Å². The lowest BCUT2D eigenvalue weighted by Gasteiger charge is -2.34. The maximum atomic E-state index is 5.73. The molecule has 0 radical (unpaired) electrons. The van der Waals surface area contributed by atoms with Crippen LogP contribution < -0.4 is 10.6 Å². The highest BCUT2D eigenvalue weighted by atomic mass is 16.5. The van der Waals surface area contributed by atoms with Crippen LogP contribution in [-0.2, 0) is 4.74 Å². The summed E-state index contributed by atoms with van der Waals surface area (Å²) in [4.78, 5) is 7.08. The minimum atomic E-state index is 0.141. The Morgan fingerprint density at radius 2 is 2.21 bits per heavy atom. The molecule has 1 saturated carbocycles. The fourth-order valence-electron chi connectivity index (χ4n) is 3.23. The third-order valence-corrected chi connectivity index (χ3v) is 4.24. The van der Waals surface area contributed by atoms with Gasteiger partial charge in [0.05, 0.1) is 18.4 Å². The van der Waals surface area contributed by atoms with Gasteiger partial charge in [0.1, 0.15) is 0 Å². The first-order chi connectivity index (χ1) is 9.28. The van der Waals surface area contributed by atoms with Crippen LogP contribution in [-0.4, -0.2) is 41.9 Å². The molecule has 0 aromatic carbocycles. The van der Waals surface area contributed by atoms with Gasteiger partial charge in [0.2, 0.25) is 5.95 Å². The Balaban J connectivity index is 1.82. The molecule has 1 aromatic rings. The number of rotatable bonds is 3. The Morgan fingerprint density at radius 1 is 1.42 bits per heavy atom. The van der Waals surface area contributed by atoms with E-state index in [4.69, 9.17) is 15.5 Å². The predicted octanol–water partition coefficient (Wildman–Crippen LogP) is 1.47. The van der Waals surface area contributed by atoms with Gasteiger partial charge in [0.25, 0.3) is 0 Å². The monoisotopic (exact) mass is 264 g/mol. The summed E-state index contributed by atoms with van der Waals surface area (Å²) in [6.07, 6.45) is 7.60. The fraction of sp³-hybridized carbons (Fsp3) is 0.786. The smallest absolute Gasteiger partial charge is 0.206 e. The molecule has 2 N–H and O–H groups in total. The SMILES string of the molecule is Cc1cn(C2CCCC2)c(N2CCOC(CN)C2)n1. The zero-order valence-electron chi connectivity index (χ0n) is 11.7. The number of nitrogens with zero attached hydrogens (tertiary/aromatic N) is 3. The summed E-state index contributed by atoms with van der Waals surface area (Å²) in [5, 5.41) is 0. The van der Waals surface area contributed by atoms with Crippen molar-refractivity contribution in [2.75, 3.05) is 31.1 Å². The molecule has 5 nitrogen and oxygen atoms in total. The molecule has 1 saturated heterocycles. The second kappa shape index (κ2) is 5.51. The van der Waals surface area contributed by atoms with Crippen LogP contribution >= 0.6 is 0 Å². The summed E-state index contributed by atoms with van der Waals surface area (Å²) in [6.45, 7) is 5.19. The van der Waals surface area contributed by atoms with Gasteiger partial charge in [-0.05, 0) is 19.8 Å². The van der Waals surface area contributed by atoms with E-state index < -0.39 is 0 Å². The van der Waals surface area contributed by atoms with E-state index in [2.05, 4.69) is 22.6 Å². The molecule has 19 heavy (non-hydrogen) atoms. The molecular weight excluding hydrogens is 240 g/mol. The molecule has 5 heteroatoms. The number of nitrogens with two attached hydrogens (primary N) is 1. The van der Waals surface area contributed by atoms with E-state index >= 15 is 0 Å². The summed E-state index contributed by atoms with van der Waals surface area (Å²) in [5.41, 5.74) is 6.84. The first-order valence-electron chi connectivity index (χ1n) is 7.40. The number of ether oxygens (including phenoxy) is 1. The van der Waals surface area contributed by atoms with E-state index in [0.29, 0.717) is 12.6 Å². The third kappa shape index (κ3) is 2.62. The van der Waals surface area contributed by atoms with Crippen LogP contribution in [0, 0.1) is 6.92 Å². The summed E-state index contributed by atoms with van der Waals surface area (Å²) in [5.74, 6) is 1.12. The van der Waals surface area contributed by atoms with E-state index in [0.717, 1.165) is 31.3 Å². The highest BCUT2D eigenvalue weighted by Crippen LogP contribution is 2.33. The van der Waals surface area contributed by atoms with Gasteiger partial charge in [-0.2, -0.15) is 0 Å². The third-order valence-electron chi connectivity index (χ3n) is 4.24. The molecule has 0 amide bonds. The van der Waals surface area contributed by atoms with E-state index in [1.165, 1.54) is 25.7 Å². The predicted molar refractivity (Wildman–Crippen MR) is 75.5 cm³/mol. The molecular formula is C14H24N4O. The Bertz CT molecular complexity index is 425. The maximum Gasteiger partial charge on any atom is 0.206 e. The lowest BCUT2D eigenvalue weighted by Crippen LogP contribution is -2.46. The van der Waals surface area contributed by atoms with Crippen molar-refractivity contribution in [3.05, 3.63) is 11.9 Å². The Kier molecular flexibility index (Phi) is 3.75. The molecule has 1 unspecified atom stereocenters. The highest BCUT2D eigenvalue weighted by molar-refractivity contribution is 5.35. The second-order valence-corrected chi connectivity index (χ2v) is 5.70. The molecule has 1 aliphatic heterocycles. The summed E-state index contributed by atoms with van der Waals surface area (Å²) in [6, 6.07) is 0.635. The number of imidazole rings is 1. The fourth-order valence-corrected chi connectivity index (χ4v) is 3.23. The number of hydrogen-bond acceptors (Lipinski definition) is 4. The van der Waals surface area contributed by atoms with Crippen molar-refractivity contribution in [2.45, 2.75) is 44.8 Å². The van der Waals surface area contributed by atoms with Crippen molar-refractivity contribution in [1.29, 1.82) is 0 Å². The Hall–Kier alpha value is -1.07. The number of hydrogen-bond donors (Lipinski definition) is 1. The van der Waals surface area contributed by atoms with Gasteiger partial charge in [-0.15, -0.1) is 0 Å². The number of morpholine rings is 1. The van der Waals surface area contributed by atoms with E-state index in [-0.39, 0.29) is 6.10 Å². The van der Waals surface area contributed by atoms with Crippen molar-refractivity contribution < 1.29 is 4.74 Å². The minimum absolute atomic E-state index is 0.141. The van der Waals surface area contributed by atoms with Crippen molar-refractivity contribution in [1.82, 2.24) is 9.55 Å². The minimum Gasteiger partial charge on any atom is -0.373 e. The summed E-state index contributed by atoms with van der Waals surface area (Å²) >= 11 is 0. The molecule has 1 atom stereocenters. The largest absolute Gasteiger partial charge is 0.373 e. The van der Waals surface area contributed by atoms with Gasteiger partial charge in [-0.3, -0.25) is 0 Å². The Labute approximate surface area is 114 Å². The van der Waals surface area contributed by atoms with E-state index in [1.807, 2.05) is 0 Å². The van der Waals surface area contributed by atoms with Crippen LogP contribution in [0.25, 0.3) is 0 Å². The zero-order chi connectivity index (χ0) is 13.2. The van der Waals surface area contributed by atoms with Crippen LogP contribution in [0.3, 0.4) is 0 Å². The Morgan fingerprint density at radius 3 is 2.95 bits per heavy atom. The average molecular weight is 264 g/mol. The summed E-state index contributed by atoms with van der Waals surface area (Å²) in [7, 11) is 0. The molecule has 0 bridgehead atoms. The molecule has 1 aliphatic carbocycles. The van der Waals surface area contributed by atoms with Crippen molar-refractivity contribution in [3.8, 4) is 0 Å². The molecule has 106 valence electrons. The van der Waals surface area contributed by atoms with Crippen LogP contribution in [0.15, 0.2) is 6.20 Å². The molecule has 2 aliphatic rings. The van der Waals surface area contributed by atoms with Crippen LogP contribution in [0.1, 0.15) is 37.4 Å². The molecule has 1 aromatic heterocycles. The van der Waals surface area contributed by atoms with Gasteiger partial charge in [-0.25, -0.2) is 4.98 Å². The van der Waals surface area contributed by atoms with Crippen molar-refractivity contribution >= 4 is 5.95 Å². The van der Waals surface area contributed by atoms with Gasteiger partial charge in [0, 0.05) is 31.9 Å². The molecule has 3 rings (SSSR count). The van der Waals surface area contributed by atoms with Crippen LogP contribution in [0.2, 0.25) is 0 Å². The highest BCUT2D eigenvalue weighted by Gasteiger charge is 2.26. The normalized spacial score (nSPS) is 25.2. The average Bonchev–Trinajstić information content (AvgIpc) is 3.07. The molecule has 2 fully saturated rings. The number of anilines is 1. The number of aryl methyl sites for hydroxylation is 1. The first kappa shape index (κ1) is 12.9.